The van der Waals surface area contributed by atoms with E-state index in [0.717, 1.165) is 16.7 Å². The van der Waals surface area contributed by atoms with Crippen molar-refractivity contribution < 1.29 is 18.3 Å². The zero-order valence-corrected chi connectivity index (χ0v) is 21.7. The number of rotatable bonds is 6. The van der Waals surface area contributed by atoms with Gasteiger partial charge in [-0.25, -0.2) is 4.39 Å². The molecular formula is C26H35FN2O3Si. The number of anilines is 1. The molecule has 1 aliphatic rings. The lowest BCUT2D eigenvalue weighted by molar-refractivity contribution is 0.0738. The molecule has 33 heavy (non-hydrogen) atoms. The van der Waals surface area contributed by atoms with Gasteiger partial charge in [0.25, 0.3) is 5.91 Å². The molecule has 0 aromatic heterocycles. The molecular weight excluding hydrogens is 435 g/mol. The smallest absolute Gasteiger partial charge is 0.260 e. The third kappa shape index (κ3) is 5.30. The molecule has 1 aliphatic heterocycles. The van der Waals surface area contributed by atoms with E-state index in [1.54, 1.807) is 36.3 Å². The van der Waals surface area contributed by atoms with E-state index in [1.165, 1.54) is 12.1 Å². The first-order valence-corrected chi connectivity index (χ1v) is 14.1. The number of carbonyl (C=O) groups excluding carboxylic acids is 1. The number of hydrogen-bond acceptors (Lipinski definition) is 4. The second-order valence-corrected chi connectivity index (χ2v) is 15.0. The van der Waals surface area contributed by atoms with Crippen molar-refractivity contribution in [3.63, 3.8) is 0 Å². The number of benzene rings is 2. The van der Waals surface area contributed by atoms with Crippen LogP contribution in [0.3, 0.4) is 0 Å². The number of nitrogen functional groups attached to an aromatic ring is 1. The van der Waals surface area contributed by atoms with Gasteiger partial charge in [0.05, 0.1) is 25.3 Å². The maximum Gasteiger partial charge on any atom is 0.260 e. The van der Waals surface area contributed by atoms with Crippen LogP contribution in [0.25, 0.3) is 5.57 Å². The van der Waals surface area contributed by atoms with Crippen molar-refractivity contribution >= 4 is 25.5 Å². The van der Waals surface area contributed by atoms with Crippen LogP contribution in [0.1, 0.15) is 48.7 Å². The first-order valence-electron chi connectivity index (χ1n) is 11.2. The molecule has 2 aromatic carbocycles. The molecule has 2 N–H and O–H groups in total. The highest BCUT2D eigenvalue weighted by molar-refractivity contribution is 6.74. The molecule has 2 aromatic rings. The maximum atomic E-state index is 13.7. The highest BCUT2D eigenvalue weighted by Gasteiger charge is 2.39. The fourth-order valence-electron chi connectivity index (χ4n) is 3.67. The van der Waals surface area contributed by atoms with Gasteiger partial charge in [-0.1, -0.05) is 32.9 Å². The lowest BCUT2D eigenvalue weighted by atomic mass is 10.0. The van der Waals surface area contributed by atoms with Crippen LogP contribution in [0, 0.1) is 12.7 Å². The Kier molecular flexibility index (Phi) is 7.05. The van der Waals surface area contributed by atoms with Crippen LogP contribution in [0.2, 0.25) is 18.1 Å². The summed E-state index contributed by atoms with van der Waals surface area (Å²) in [4.78, 5) is 15.4. The lowest BCUT2D eigenvalue weighted by Crippen LogP contribution is -2.45. The Morgan fingerprint density at radius 3 is 2.42 bits per heavy atom. The third-order valence-electron chi connectivity index (χ3n) is 6.83. The Morgan fingerprint density at radius 2 is 1.85 bits per heavy atom. The summed E-state index contributed by atoms with van der Waals surface area (Å²) in [5.74, 6) is 0.123. The van der Waals surface area contributed by atoms with Crippen LogP contribution in [0.4, 0.5) is 10.1 Å². The minimum Gasteiger partial charge on any atom is -0.496 e. The van der Waals surface area contributed by atoms with Crippen molar-refractivity contribution in [2.45, 2.75) is 58.3 Å². The SMILES string of the molecule is COc1cc(C(=O)N2C=C(c3ccc(F)cc3)C[C@H]2CO[Si](C)(C)C(C)(C)C)c(N)cc1C. The van der Waals surface area contributed by atoms with Crippen LogP contribution in [0.5, 0.6) is 5.75 Å². The van der Waals surface area contributed by atoms with Gasteiger partial charge in [0, 0.05) is 11.9 Å². The molecule has 3 rings (SSSR count). The van der Waals surface area contributed by atoms with Crippen LogP contribution in [-0.4, -0.2) is 38.9 Å². The van der Waals surface area contributed by atoms with Gasteiger partial charge in [-0.2, -0.15) is 0 Å². The number of amides is 1. The molecule has 0 saturated carbocycles. The van der Waals surface area contributed by atoms with Crippen LogP contribution < -0.4 is 10.5 Å². The summed E-state index contributed by atoms with van der Waals surface area (Å²) < 4.78 is 25.4. The lowest BCUT2D eigenvalue weighted by Gasteiger charge is -2.38. The van der Waals surface area contributed by atoms with Crippen molar-refractivity contribution in [1.82, 2.24) is 4.90 Å². The Balaban J connectivity index is 1.95. The molecule has 0 aliphatic carbocycles. The van der Waals surface area contributed by atoms with Gasteiger partial charge in [0.2, 0.25) is 0 Å². The van der Waals surface area contributed by atoms with E-state index in [9.17, 15) is 9.18 Å². The Morgan fingerprint density at radius 1 is 1.21 bits per heavy atom. The maximum absolute atomic E-state index is 13.7. The van der Waals surface area contributed by atoms with E-state index in [0.29, 0.717) is 30.0 Å². The second kappa shape index (κ2) is 9.31. The minimum atomic E-state index is -2.01. The number of halogens is 1. The zero-order chi connectivity index (χ0) is 24.6. The molecule has 1 atom stereocenters. The van der Waals surface area contributed by atoms with E-state index < -0.39 is 8.32 Å². The standard InChI is InChI=1S/C26H35FN2O3Si/c1-17-12-23(28)22(14-24(17)31-5)25(30)29-15-19(18-8-10-20(27)11-9-18)13-21(29)16-32-33(6,7)26(2,3)4/h8-12,14-15,21H,13,16,28H2,1-7H3/t21-/m0/s1. The van der Waals surface area contributed by atoms with E-state index >= 15 is 0 Å². The molecule has 0 saturated heterocycles. The predicted octanol–water partition coefficient (Wildman–Crippen LogP) is 6.00. The molecule has 178 valence electrons. The van der Waals surface area contributed by atoms with Gasteiger partial charge in [0.1, 0.15) is 11.6 Å². The molecule has 1 heterocycles. The number of nitrogens with zero attached hydrogens (tertiary/aromatic N) is 1. The minimum absolute atomic E-state index is 0.0579. The van der Waals surface area contributed by atoms with E-state index in [2.05, 4.69) is 33.9 Å². The molecule has 5 nitrogen and oxygen atoms in total. The highest BCUT2D eigenvalue weighted by Crippen LogP contribution is 2.38. The third-order valence-corrected chi connectivity index (χ3v) is 11.3. The predicted molar refractivity (Wildman–Crippen MR) is 134 cm³/mol. The molecule has 7 heteroatoms. The van der Waals surface area contributed by atoms with Gasteiger partial charge in [-0.15, -0.1) is 0 Å². The average molecular weight is 471 g/mol. The molecule has 0 radical (unpaired) electrons. The fraction of sp³-hybridized carbons (Fsp3) is 0.423. The van der Waals surface area contributed by atoms with Crippen molar-refractivity contribution in [1.29, 1.82) is 0 Å². The number of nitrogens with two attached hydrogens (primary N) is 1. The van der Waals surface area contributed by atoms with Gasteiger partial charge in [-0.05, 0) is 72.4 Å². The first kappa shape index (κ1) is 25.0. The van der Waals surface area contributed by atoms with E-state index in [1.807, 2.05) is 13.1 Å². The van der Waals surface area contributed by atoms with Gasteiger partial charge in [-0.3, -0.25) is 4.79 Å². The van der Waals surface area contributed by atoms with Crippen LogP contribution >= 0.6 is 0 Å². The summed E-state index contributed by atoms with van der Waals surface area (Å²) >= 11 is 0. The van der Waals surface area contributed by atoms with Gasteiger partial charge < -0.3 is 19.8 Å². The van der Waals surface area contributed by atoms with Crippen LogP contribution in [-0.2, 0) is 4.43 Å². The normalized spacial score (nSPS) is 16.7. The number of aryl methyl sites for hydroxylation is 1. The van der Waals surface area contributed by atoms with Gasteiger partial charge in [0.15, 0.2) is 8.32 Å². The number of carbonyl (C=O) groups is 1. The Hall–Kier alpha value is -2.64. The summed E-state index contributed by atoms with van der Waals surface area (Å²) in [6, 6.07) is 9.62. The summed E-state index contributed by atoms with van der Waals surface area (Å²) in [6.45, 7) is 13.3. The van der Waals surface area contributed by atoms with E-state index in [4.69, 9.17) is 14.9 Å². The van der Waals surface area contributed by atoms with Crippen LogP contribution in [0.15, 0.2) is 42.6 Å². The van der Waals surface area contributed by atoms with Crippen molar-refractivity contribution in [3.8, 4) is 5.75 Å². The number of ether oxygens (including phenoxy) is 1. The van der Waals surface area contributed by atoms with Crippen molar-refractivity contribution in [3.05, 3.63) is 65.1 Å². The average Bonchev–Trinajstić information content (AvgIpc) is 3.16. The topological polar surface area (TPSA) is 64.8 Å². The monoisotopic (exact) mass is 470 g/mol. The quantitative estimate of drug-likeness (QED) is 0.415. The summed E-state index contributed by atoms with van der Waals surface area (Å²) in [7, 11) is -0.439. The Bertz CT molecular complexity index is 1060. The fourth-order valence-corrected chi connectivity index (χ4v) is 4.72. The Labute approximate surface area is 197 Å². The number of methoxy groups -OCH3 is 1. The van der Waals surface area contributed by atoms with Crippen molar-refractivity contribution in [2.75, 3.05) is 19.5 Å². The molecule has 0 fully saturated rings. The first-order chi connectivity index (χ1) is 15.3. The van der Waals surface area contributed by atoms with Gasteiger partial charge >= 0.3 is 0 Å². The molecule has 0 spiro atoms. The second-order valence-electron chi connectivity index (χ2n) is 10.2. The summed E-state index contributed by atoms with van der Waals surface area (Å²) in [5, 5.41) is 0.0579. The highest BCUT2D eigenvalue weighted by atomic mass is 28.4. The van der Waals surface area contributed by atoms with Crippen molar-refractivity contribution in [2.24, 2.45) is 0 Å². The number of hydrogen-bond donors (Lipinski definition) is 1. The summed E-state index contributed by atoms with van der Waals surface area (Å²) in [6.07, 6.45) is 2.47. The largest absolute Gasteiger partial charge is 0.496 e. The van der Waals surface area contributed by atoms with E-state index in [-0.39, 0.29) is 22.8 Å². The zero-order valence-electron chi connectivity index (χ0n) is 20.7. The molecule has 1 amide bonds. The molecule has 0 bridgehead atoms. The summed E-state index contributed by atoms with van der Waals surface area (Å²) in [5.41, 5.74) is 9.75. The molecule has 0 unspecified atom stereocenters.